The lowest BCUT2D eigenvalue weighted by atomic mass is 10.4. The zero-order chi connectivity index (χ0) is 16.8. The fraction of sp³-hybridized carbons (Fsp3) is 0.125. The van der Waals surface area contributed by atoms with Crippen LogP contribution in [0.15, 0.2) is 81.5 Å². The van der Waals surface area contributed by atoms with Crippen LogP contribution >= 0.6 is 0 Å². The van der Waals surface area contributed by atoms with Crippen LogP contribution in [-0.4, -0.2) is 20.6 Å². The lowest BCUT2D eigenvalue weighted by Gasteiger charge is -1.96. The van der Waals surface area contributed by atoms with Crippen LogP contribution in [0, 0.1) is 0 Å². The molecule has 0 saturated heterocycles. The molecule has 0 bridgehead atoms. The van der Waals surface area contributed by atoms with E-state index in [1.54, 1.807) is 12.3 Å². The fourth-order valence-electron chi connectivity index (χ4n) is 1.94. The molecule has 0 spiro atoms. The lowest BCUT2D eigenvalue weighted by Crippen LogP contribution is -2.26. The zero-order valence-electron chi connectivity index (χ0n) is 13.4. The van der Waals surface area contributed by atoms with E-state index in [1.807, 2.05) is 72.0 Å². The summed E-state index contributed by atoms with van der Waals surface area (Å²) in [5.41, 5.74) is 1.34. The van der Waals surface area contributed by atoms with E-state index in [9.17, 15) is 0 Å². The van der Waals surface area contributed by atoms with Gasteiger partial charge in [-0.1, -0.05) is 12.1 Å². The van der Waals surface area contributed by atoms with Gasteiger partial charge in [-0.05, 0) is 29.4 Å². The molecule has 0 aromatic carbocycles. The molecule has 8 nitrogen and oxygen atoms in total. The highest BCUT2D eigenvalue weighted by Crippen LogP contribution is 2.06. The molecular weight excluding hydrogens is 304 g/mol. The first-order valence-corrected chi connectivity index (χ1v) is 7.33. The second-order valence-corrected chi connectivity index (χ2v) is 5.03. The number of nitrogens with one attached hydrogen (secondary N) is 1. The predicted molar refractivity (Wildman–Crippen MR) is 88.2 cm³/mol. The summed E-state index contributed by atoms with van der Waals surface area (Å²) in [5, 5.41) is 23.7. The molecule has 0 amide bonds. The van der Waals surface area contributed by atoms with E-state index in [4.69, 9.17) is 0 Å². The molecule has 0 unspecified atom stereocenters. The highest BCUT2D eigenvalue weighted by atomic mass is 15.3. The number of H-pyrrole nitrogens is 1. The van der Waals surface area contributed by atoms with E-state index < -0.39 is 0 Å². The largest absolute Gasteiger partial charge is 0.350 e. The lowest BCUT2D eigenvalue weighted by molar-refractivity contribution is -0.658. The molecule has 120 valence electrons. The minimum atomic E-state index is 0.347. The average Bonchev–Trinajstić information content (AvgIpc) is 3.12. The molecule has 0 radical (unpaired) electrons. The number of hydrogen-bond donors (Lipinski definition) is 1. The number of aryl methyl sites for hydroxylation is 2. The predicted octanol–water partition coefficient (Wildman–Crippen LogP) is 1.62. The van der Waals surface area contributed by atoms with Crippen LogP contribution in [0.25, 0.3) is 0 Å². The number of azo groups is 1. The van der Waals surface area contributed by atoms with E-state index in [-0.39, 0.29) is 0 Å². The quantitative estimate of drug-likeness (QED) is 0.257. The van der Waals surface area contributed by atoms with E-state index in [1.165, 1.54) is 0 Å². The number of nitrogens with zero attached hydrogens (tertiary/aromatic N) is 7. The van der Waals surface area contributed by atoms with Gasteiger partial charge in [0, 0.05) is 25.5 Å². The summed E-state index contributed by atoms with van der Waals surface area (Å²) in [6.07, 6.45) is 5.43. The van der Waals surface area contributed by atoms with Gasteiger partial charge < -0.3 is 4.57 Å². The molecule has 24 heavy (non-hydrogen) atoms. The van der Waals surface area contributed by atoms with Crippen molar-refractivity contribution in [1.29, 1.82) is 0 Å². The van der Waals surface area contributed by atoms with Crippen LogP contribution < -0.4 is 10.1 Å². The monoisotopic (exact) mass is 321 g/mol. The Labute approximate surface area is 138 Å². The third-order valence-electron chi connectivity index (χ3n) is 3.29. The number of aromatic nitrogens is 4. The van der Waals surface area contributed by atoms with Crippen molar-refractivity contribution in [2.75, 3.05) is 0 Å². The Hall–Kier alpha value is -3.42. The van der Waals surface area contributed by atoms with Gasteiger partial charge in [0.25, 0.3) is 0 Å². The molecule has 8 heteroatoms. The maximum Gasteiger partial charge on any atom is 0.350 e. The van der Waals surface area contributed by atoms with Crippen molar-refractivity contribution in [3.05, 3.63) is 72.2 Å². The standard InChI is InChI=1S/C16H17N8/c1-23-11-5-3-7-14(23)19-21-16(13-9-10-17-18-13)22-20-15-8-4-6-12-24(15)2/h3-12H,1-2H3,(H,17,18)/q+1. The van der Waals surface area contributed by atoms with Gasteiger partial charge in [0.1, 0.15) is 5.69 Å². The van der Waals surface area contributed by atoms with Crippen LogP contribution in [0.5, 0.6) is 0 Å². The molecule has 0 aliphatic carbocycles. The van der Waals surface area contributed by atoms with Gasteiger partial charge in [0.05, 0.1) is 18.4 Å². The van der Waals surface area contributed by atoms with Crippen LogP contribution in [0.1, 0.15) is 5.69 Å². The fourth-order valence-corrected chi connectivity index (χ4v) is 1.94. The number of rotatable bonds is 3. The van der Waals surface area contributed by atoms with E-state index in [2.05, 4.69) is 30.6 Å². The van der Waals surface area contributed by atoms with Gasteiger partial charge in [-0.2, -0.15) is 5.10 Å². The molecule has 3 aromatic heterocycles. The Bertz CT molecular complexity index is 934. The minimum absolute atomic E-state index is 0.347. The van der Waals surface area contributed by atoms with Crippen molar-refractivity contribution in [2.45, 2.75) is 0 Å². The van der Waals surface area contributed by atoms with Crippen molar-refractivity contribution in [3.8, 4) is 0 Å². The van der Waals surface area contributed by atoms with Gasteiger partial charge in [-0.25, -0.2) is 4.57 Å². The summed E-state index contributed by atoms with van der Waals surface area (Å²) < 4.78 is 3.73. The van der Waals surface area contributed by atoms with Crippen molar-refractivity contribution in [3.63, 3.8) is 0 Å². The molecule has 0 aliphatic rings. The first kappa shape index (κ1) is 15.5. The SMILES string of the molecule is Cn1cccc/c1=N/N=C(\N=Nc1cccc[n+]1C)c1ccn[nH]1. The van der Waals surface area contributed by atoms with Crippen LogP contribution in [0.2, 0.25) is 0 Å². The first-order valence-electron chi connectivity index (χ1n) is 7.33. The molecule has 1 N–H and O–H groups in total. The molecule has 3 heterocycles. The Balaban J connectivity index is 1.99. The van der Waals surface area contributed by atoms with E-state index in [0.717, 1.165) is 0 Å². The van der Waals surface area contributed by atoms with Crippen molar-refractivity contribution in [2.24, 2.45) is 34.5 Å². The molecule has 0 fully saturated rings. The molecule has 0 atom stereocenters. The summed E-state index contributed by atoms with van der Waals surface area (Å²) >= 11 is 0. The third kappa shape index (κ3) is 3.67. The first-order chi connectivity index (χ1) is 11.7. The summed E-state index contributed by atoms with van der Waals surface area (Å²) in [4.78, 5) is 0. The van der Waals surface area contributed by atoms with Gasteiger partial charge in [-0.3, -0.25) is 5.10 Å². The minimum Gasteiger partial charge on any atom is -0.335 e. The second kappa shape index (κ2) is 7.23. The highest BCUT2D eigenvalue weighted by molar-refractivity contribution is 5.97. The van der Waals surface area contributed by atoms with Crippen LogP contribution in [-0.2, 0) is 14.1 Å². The maximum atomic E-state index is 4.24. The summed E-state index contributed by atoms with van der Waals surface area (Å²) in [5.74, 6) is 1.05. The topological polar surface area (TPSA) is 86.9 Å². The Morgan fingerprint density at radius 3 is 2.79 bits per heavy atom. The van der Waals surface area contributed by atoms with Gasteiger partial charge in [0.15, 0.2) is 5.49 Å². The highest BCUT2D eigenvalue weighted by Gasteiger charge is 2.09. The summed E-state index contributed by atoms with van der Waals surface area (Å²) in [7, 11) is 3.80. The van der Waals surface area contributed by atoms with Gasteiger partial charge in [0.2, 0.25) is 5.84 Å². The van der Waals surface area contributed by atoms with Crippen LogP contribution in [0.3, 0.4) is 0 Å². The Morgan fingerprint density at radius 1 is 1.17 bits per heavy atom. The van der Waals surface area contributed by atoms with E-state index in [0.29, 0.717) is 22.8 Å². The molecular formula is C16H17N8+. The number of aromatic amines is 1. The second-order valence-electron chi connectivity index (χ2n) is 5.03. The van der Waals surface area contributed by atoms with Gasteiger partial charge >= 0.3 is 5.82 Å². The van der Waals surface area contributed by atoms with Gasteiger partial charge in [-0.15, -0.1) is 10.2 Å². The Kier molecular flexibility index (Phi) is 4.66. The summed E-state index contributed by atoms with van der Waals surface area (Å²) in [6, 6.07) is 13.1. The molecule has 3 rings (SSSR count). The van der Waals surface area contributed by atoms with Crippen molar-refractivity contribution >= 4 is 11.7 Å². The van der Waals surface area contributed by atoms with Crippen molar-refractivity contribution in [1.82, 2.24) is 14.8 Å². The average molecular weight is 321 g/mol. The Morgan fingerprint density at radius 2 is 2.04 bits per heavy atom. The maximum absolute atomic E-state index is 4.24. The number of amidine groups is 1. The van der Waals surface area contributed by atoms with E-state index >= 15 is 0 Å². The smallest absolute Gasteiger partial charge is 0.335 e. The molecule has 0 aliphatic heterocycles. The number of pyridine rings is 2. The van der Waals surface area contributed by atoms with Crippen LogP contribution in [0.4, 0.5) is 5.82 Å². The summed E-state index contributed by atoms with van der Waals surface area (Å²) in [6.45, 7) is 0. The number of hydrogen-bond acceptors (Lipinski definition) is 4. The third-order valence-corrected chi connectivity index (χ3v) is 3.29. The zero-order valence-corrected chi connectivity index (χ0v) is 13.4. The normalized spacial score (nSPS) is 12.9. The molecule has 0 saturated carbocycles. The molecule has 3 aromatic rings. The van der Waals surface area contributed by atoms with Crippen molar-refractivity contribution < 1.29 is 4.57 Å².